The molecule has 2 amide bonds. The Morgan fingerprint density at radius 2 is 1.71 bits per heavy atom. The van der Waals surface area contributed by atoms with Crippen LogP contribution in [0.4, 0.5) is 13.2 Å². The molecule has 0 N–H and O–H groups in total. The van der Waals surface area contributed by atoms with Gasteiger partial charge < -0.3 is 9.80 Å². The number of fused-ring (bicyclic) bond motifs is 1. The molecule has 0 spiro atoms. The van der Waals surface area contributed by atoms with E-state index in [0.29, 0.717) is 24.9 Å². The lowest BCUT2D eigenvalue weighted by atomic mass is 9.84. The van der Waals surface area contributed by atoms with Crippen molar-refractivity contribution in [1.29, 1.82) is 0 Å². The van der Waals surface area contributed by atoms with Crippen molar-refractivity contribution in [2.45, 2.75) is 89.0 Å². The van der Waals surface area contributed by atoms with Crippen molar-refractivity contribution in [3.8, 4) is 0 Å². The zero-order valence-electron chi connectivity index (χ0n) is 18.1. The third-order valence-corrected chi connectivity index (χ3v) is 7.60. The van der Waals surface area contributed by atoms with Gasteiger partial charge in [0.2, 0.25) is 11.8 Å². The highest BCUT2D eigenvalue weighted by molar-refractivity contribution is 5.81. The molecule has 1 aromatic rings. The lowest BCUT2D eigenvalue weighted by molar-refractivity contribution is -0.145. The van der Waals surface area contributed by atoms with E-state index < -0.39 is 17.3 Å². The maximum atomic E-state index is 13.2. The largest absolute Gasteiger partial charge is 0.416 e. The van der Waals surface area contributed by atoms with E-state index >= 15 is 0 Å². The van der Waals surface area contributed by atoms with Crippen LogP contribution in [0.15, 0.2) is 24.3 Å². The zero-order valence-corrected chi connectivity index (χ0v) is 18.1. The molecule has 2 aliphatic heterocycles. The van der Waals surface area contributed by atoms with Crippen LogP contribution in [0.5, 0.6) is 0 Å². The fourth-order valence-electron chi connectivity index (χ4n) is 5.74. The molecule has 0 bridgehead atoms. The molecule has 2 atom stereocenters. The summed E-state index contributed by atoms with van der Waals surface area (Å²) < 4.78 is 38.8. The fourth-order valence-corrected chi connectivity index (χ4v) is 5.74. The summed E-state index contributed by atoms with van der Waals surface area (Å²) in [7, 11) is 0. The first kappa shape index (κ1) is 22.2. The molecule has 0 radical (unpaired) electrons. The average molecular weight is 437 g/mol. The molecular weight excluding hydrogens is 405 g/mol. The standard InChI is InChI=1S/C24H31F3N2O2/c1-23-14-15-28(22(31)18-6-2-3-7-18)20(23)8-4-5-9-21(30)29(23)16-17-10-12-19(13-11-17)24(25,26)27/h10-13,18,20H,2-9,14-16H2,1H3/t20-,23-/m1/s1. The van der Waals surface area contributed by atoms with Crippen LogP contribution < -0.4 is 0 Å². The second kappa shape index (κ2) is 8.47. The van der Waals surface area contributed by atoms with Gasteiger partial charge in [-0.2, -0.15) is 13.2 Å². The van der Waals surface area contributed by atoms with Gasteiger partial charge in [0.05, 0.1) is 17.1 Å². The first-order valence-electron chi connectivity index (χ1n) is 11.5. The monoisotopic (exact) mass is 436 g/mol. The average Bonchev–Trinajstić information content (AvgIpc) is 3.37. The summed E-state index contributed by atoms with van der Waals surface area (Å²) in [6, 6.07) is 5.05. The van der Waals surface area contributed by atoms with Crippen molar-refractivity contribution in [2.75, 3.05) is 6.54 Å². The lowest BCUT2D eigenvalue weighted by Crippen LogP contribution is -2.58. The Morgan fingerprint density at radius 1 is 1.06 bits per heavy atom. The minimum Gasteiger partial charge on any atom is -0.337 e. The number of alkyl halides is 3. The van der Waals surface area contributed by atoms with Crippen LogP contribution in [-0.2, 0) is 22.3 Å². The minimum absolute atomic E-state index is 0.0284. The van der Waals surface area contributed by atoms with Gasteiger partial charge in [-0.25, -0.2) is 0 Å². The zero-order chi connectivity index (χ0) is 22.2. The van der Waals surface area contributed by atoms with E-state index in [2.05, 4.69) is 6.92 Å². The first-order chi connectivity index (χ1) is 14.7. The van der Waals surface area contributed by atoms with Gasteiger partial charge in [0, 0.05) is 25.4 Å². The number of benzene rings is 1. The van der Waals surface area contributed by atoms with Crippen LogP contribution in [0.3, 0.4) is 0 Å². The Kier molecular flexibility index (Phi) is 6.05. The quantitative estimate of drug-likeness (QED) is 0.657. The van der Waals surface area contributed by atoms with Crippen LogP contribution >= 0.6 is 0 Å². The Bertz CT molecular complexity index is 817. The molecule has 0 aromatic heterocycles. The molecule has 170 valence electrons. The topological polar surface area (TPSA) is 40.6 Å². The highest BCUT2D eigenvalue weighted by Gasteiger charge is 2.51. The summed E-state index contributed by atoms with van der Waals surface area (Å²) in [5.41, 5.74) is -0.495. The Morgan fingerprint density at radius 3 is 2.35 bits per heavy atom. The SMILES string of the molecule is C[C@@]12CCN(C(=O)C3CCCC3)[C@@H]1CCCCC(=O)N2Cc1ccc(C(F)(F)F)cc1. The molecule has 1 aliphatic carbocycles. The molecule has 1 saturated carbocycles. The van der Waals surface area contributed by atoms with Gasteiger partial charge in [0.1, 0.15) is 0 Å². The van der Waals surface area contributed by atoms with E-state index in [-0.39, 0.29) is 30.3 Å². The van der Waals surface area contributed by atoms with Crippen LogP contribution in [0.2, 0.25) is 0 Å². The van der Waals surface area contributed by atoms with Crippen molar-refractivity contribution < 1.29 is 22.8 Å². The third-order valence-electron chi connectivity index (χ3n) is 7.60. The molecule has 31 heavy (non-hydrogen) atoms. The summed E-state index contributed by atoms with van der Waals surface area (Å²) in [5.74, 6) is 0.364. The van der Waals surface area contributed by atoms with Crippen LogP contribution in [-0.4, -0.2) is 39.7 Å². The number of halogens is 3. The lowest BCUT2D eigenvalue weighted by Gasteiger charge is -2.46. The second-order valence-electron chi connectivity index (χ2n) is 9.56. The van der Waals surface area contributed by atoms with Crippen LogP contribution in [0.25, 0.3) is 0 Å². The third kappa shape index (κ3) is 4.33. The molecule has 0 unspecified atom stereocenters. The summed E-state index contributed by atoms with van der Waals surface area (Å²) in [6.07, 6.45) is 3.44. The number of carbonyl (C=O) groups is 2. The highest BCUT2D eigenvalue weighted by atomic mass is 19.4. The molecule has 4 nitrogen and oxygen atoms in total. The van der Waals surface area contributed by atoms with E-state index in [1.54, 1.807) is 0 Å². The molecule has 3 aliphatic rings. The van der Waals surface area contributed by atoms with Crippen molar-refractivity contribution in [1.82, 2.24) is 9.80 Å². The van der Waals surface area contributed by atoms with E-state index in [1.165, 1.54) is 12.1 Å². The predicted octanol–water partition coefficient (Wildman–Crippen LogP) is 5.16. The van der Waals surface area contributed by atoms with Gasteiger partial charge in [-0.3, -0.25) is 9.59 Å². The molecule has 3 fully saturated rings. The molecule has 4 rings (SSSR count). The number of amides is 2. The van der Waals surface area contributed by atoms with Gasteiger partial charge in [0.15, 0.2) is 0 Å². The number of nitrogens with zero attached hydrogens (tertiary/aromatic N) is 2. The maximum Gasteiger partial charge on any atom is 0.416 e. The van der Waals surface area contributed by atoms with Crippen LogP contribution in [0.1, 0.15) is 75.8 Å². The normalized spacial score (nSPS) is 27.9. The number of likely N-dealkylation sites (tertiary alicyclic amines) is 2. The Labute approximate surface area is 181 Å². The summed E-state index contributed by atoms with van der Waals surface area (Å²) >= 11 is 0. The molecule has 7 heteroatoms. The highest BCUT2D eigenvalue weighted by Crippen LogP contribution is 2.42. The summed E-state index contributed by atoms with van der Waals surface area (Å²) in [5, 5.41) is 0. The van der Waals surface area contributed by atoms with Gasteiger partial charge in [0.25, 0.3) is 0 Å². The van der Waals surface area contributed by atoms with Gasteiger partial charge in [-0.15, -0.1) is 0 Å². The van der Waals surface area contributed by atoms with E-state index in [4.69, 9.17) is 0 Å². The van der Waals surface area contributed by atoms with Gasteiger partial charge in [-0.05, 0) is 56.7 Å². The van der Waals surface area contributed by atoms with E-state index in [0.717, 1.165) is 57.1 Å². The minimum atomic E-state index is -4.38. The maximum absolute atomic E-state index is 13.2. The number of carbonyl (C=O) groups excluding carboxylic acids is 2. The van der Waals surface area contributed by atoms with Gasteiger partial charge >= 0.3 is 6.18 Å². The summed E-state index contributed by atoms with van der Waals surface area (Å²) in [4.78, 5) is 30.2. The molecule has 1 aromatic carbocycles. The number of hydrogen-bond donors (Lipinski definition) is 0. The first-order valence-corrected chi connectivity index (χ1v) is 11.5. The van der Waals surface area contributed by atoms with Gasteiger partial charge in [-0.1, -0.05) is 31.4 Å². The van der Waals surface area contributed by atoms with Crippen molar-refractivity contribution in [3.05, 3.63) is 35.4 Å². The van der Waals surface area contributed by atoms with Crippen molar-refractivity contribution >= 4 is 11.8 Å². The molecular formula is C24H31F3N2O2. The van der Waals surface area contributed by atoms with Crippen molar-refractivity contribution in [2.24, 2.45) is 5.92 Å². The molecule has 2 saturated heterocycles. The predicted molar refractivity (Wildman–Crippen MR) is 111 cm³/mol. The number of hydrogen-bond acceptors (Lipinski definition) is 2. The summed E-state index contributed by atoms with van der Waals surface area (Å²) in [6.45, 7) is 2.98. The number of rotatable bonds is 3. The fraction of sp³-hybridized carbons (Fsp3) is 0.667. The van der Waals surface area contributed by atoms with E-state index in [1.807, 2.05) is 9.80 Å². The van der Waals surface area contributed by atoms with Crippen molar-refractivity contribution in [3.63, 3.8) is 0 Å². The Hall–Kier alpha value is -2.05. The molecule has 2 heterocycles. The smallest absolute Gasteiger partial charge is 0.337 e. The van der Waals surface area contributed by atoms with E-state index in [9.17, 15) is 22.8 Å². The van der Waals surface area contributed by atoms with Crippen LogP contribution in [0, 0.1) is 5.92 Å². The second-order valence-corrected chi connectivity index (χ2v) is 9.56. The Balaban J connectivity index is 1.58.